The maximum atomic E-state index is 15.2. The van der Waals surface area contributed by atoms with Gasteiger partial charge in [-0.05, 0) is 22.3 Å². The van der Waals surface area contributed by atoms with E-state index in [1.807, 2.05) is 121 Å². The lowest BCUT2D eigenvalue weighted by molar-refractivity contribution is -0.0807. The van der Waals surface area contributed by atoms with Gasteiger partial charge in [0.05, 0.1) is 12.0 Å². The van der Waals surface area contributed by atoms with Crippen LogP contribution in [0.4, 0.5) is 0 Å². The molecule has 2 nitrogen and oxygen atoms in total. The first kappa shape index (κ1) is 19.1. The molecule has 29 heavy (non-hydrogen) atoms. The van der Waals surface area contributed by atoms with Gasteiger partial charge in [0.2, 0.25) is 0 Å². The summed E-state index contributed by atoms with van der Waals surface area (Å²) in [5, 5.41) is 28.3. The fraction of sp³-hybridized carbons (Fsp3) is 0.111. The van der Waals surface area contributed by atoms with Gasteiger partial charge >= 0.3 is 0 Å². The SMILES string of the molecule is [O]CC(c1ccccc1)(c1ccccc1)C([O])(c1ccccc1)c1ccccc1. The molecule has 142 valence electrons. The summed E-state index contributed by atoms with van der Waals surface area (Å²) in [6.45, 7) is -0.575. The van der Waals surface area contributed by atoms with E-state index in [1.54, 1.807) is 0 Å². The molecule has 0 heterocycles. The van der Waals surface area contributed by atoms with Gasteiger partial charge in [0.15, 0.2) is 5.60 Å². The van der Waals surface area contributed by atoms with E-state index in [1.165, 1.54) is 0 Å². The molecule has 0 saturated heterocycles. The third-order valence-electron chi connectivity index (χ3n) is 5.71. The third kappa shape index (κ3) is 3.07. The van der Waals surface area contributed by atoms with Gasteiger partial charge in [-0.3, -0.25) is 0 Å². The summed E-state index contributed by atoms with van der Waals surface area (Å²) in [5.41, 5.74) is -0.518. The van der Waals surface area contributed by atoms with Gasteiger partial charge in [-0.2, -0.15) is 0 Å². The summed E-state index contributed by atoms with van der Waals surface area (Å²) in [5.74, 6) is 0. The molecule has 0 spiro atoms. The van der Waals surface area contributed by atoms with Crippen LogP contribution in [0.3, 0.4) is 0 Å². The van der Waals surface area contributed by atoms with Crippen molar-refractivity contribution in [1.82, 2.24) is 0 Å². The van der Waals surface area contributed by atoms with Gasteiger partial charge in [0, 0.05) is 0 Å². The Bertz CT molecular complexity index is 950. The number of benzene rings is 4. The Balaban J connectivity index is 2.13. The summed E-state index contributed by atoms with van der Waals surface area (Å²) in [4.78, 5) is 0. The van der Waals surface area contributed by atoms with Crippen molar-refractivity contribution >= 4 is 0 Å². The van der Waals surface area contributed by atoms with Crippen molar-refractivity contribution < 1.29 is 10.2 Å². The predicted molar refractivity (Wildman–Crippen MR) is 114 cm³/mol. The second-order valence-corrected chi connectivity index (χ2v) is 7.19. The highest BCUT2D eigenvalue weighted by atomic mass is 16.3. The van der Waals surface area contributed by atoms with Crippen LogP contribution in [-0.4, -0.2) is 6.61 Å². The molecule has 0 aromatic heterocycles. The van der Waals surface area contributed by atoms with Crippen molar-refractivity contribution in [2.24, 2.45) is 0 Å². The molecular formula is C27H22O2. The van der Waals surface area contributed by atoms with Crippen molar-refractivity contribution in [1.29, 1.82) is 0 Å². The largest absolute Gasteiger partial charge is 0.235 e. The Hall–Kier alpha value is -3.20. The van der Waals surface area contributed by atoms with Crippen LogP contribution in [0.1, 0.15) is 22.3 Å². The highest BCUT2D eigenvalue weighted by Gasteiger charge is 2.56. The fourth-order valence-electron chi connectivity index (χ4n) is 4.29. The first-order valence-electron chi connectivity index (χ1n) is 9.74. The average molecular weight is 378 g/mol. The minimum Gasteiger partial charge on any atom is -0.235 e. The summed E-state index contributed by atoms with van der Waals surface area (Å²) in [6.07, 6.45) is 0. The first-order valence-corrected chi connectivity index (χ1v) is 9.74. The molecule has 4 rings (SSSR count). The van der Waals surface area contributed by atoms with Crippen LogP contribution in [0.5, 0.6) is 0 Å². The normalized spacial score (nSPS) is 11.9. The van der Waals surface area contributed by atoms with E-state index in [0.717, 1.165) is 11.1 Å². The molecule has 0 bridgehead atoms. The number of rotatable bonds is 6. The minimum absolute atomic E-state index is 0.575. The lowest BCUT2D eigenvalue weighted by Crippen LogP contribution is -2.52. The van der Waals surface area contributed by atoms with E-state index in [-0.39, 0.29) is 0 Å². The van der Waals surface area contributed by atoms with Crippen molar-refractivity contribution in [3.8, 4) is 0 Å². The molecule has 0 atom stereocenters. The van der Waals surface area contributed by atoms with Crippen LogP contribution in [0.15, 0.2) is 121 Å². The monoisotopic (exact) mass is 378 g/mol. The first-order chi connectivity index (χ1) is 14.2. The highest BCUT2D eigenvalue weighted by molar-refractivity contribution is 5.53. The summed E-state index contributed by atoms with van der Waals surface area (Å²) in [6, 6.07) is 37.5. The summed E-state index contributed by atoms with van der Waals surface area (Å²) in [7, 11) is 0. The van der Waals surface area contributed by atoms with Crippen molar-refractivity contribution in [3.05, 3.63) is 144 Å². The van der Waals surface area contributed by atoms with Crippen LogP contribution in [0, 0.1) is 0 Å². The molecule has 4 aromatic rings. The van der Waals surface area contributed by atoms with E-state index >= 15 is 5.11 Å². The van der Waals surface area contributed by atoms with Crippen LogP contribution in [0.25, 0.3) is 0 Å². The Labute approximate surface area is 171 Å². The Morgan fingerprint density at radius 2 is 0.724 bits per heavy atom. The second-order valence-electron chi connectivity index (χ2n) is 7.19. The predicted octanol–water partition coefficient (Wildman–Crippen LogP) is 5.78. The minimum atomic E-state index is -1.81. The summed E-state index contributed by atoms with van der Waals surface area (Å²) >= 11 is 0. The van der Waals surface area contributed by atoms with Crippen molar-refractivity contribution in [3.63, 3.8) is 0 Å². The van der Waals surface area contributed by atoms with Gasteiger partial charge < -0.3 is 0 Å². The molecular weight excluding hydrogens is 356 g/mol. The fourth-order valence-corrected chi connectivity index (χ4v) is 4.29. The van der Waals surface area contributed by atoms with Gasteiger partial charge in [-0.1, -0.05) is 121 Å². The number of hydrogen-bond donors (Lipinski definition) is 0. The zero-order chi connectivity index (χ0) is 20.2. The van der Waals surface area contributed by atoms with E-state index < -0.39 is 17.6 Å². The Kier molecular flexibility index (Phi) is 5.30. The van der Waals surface area contributed by atoms with E-state index in [0.29, 0.717) is 11.1 Å². The Morgan fingerprint density at radius 3 is 1.00 bits per heavy atom. The second kappa shape index (κ2) is 8.04. The quantitative estimate of drug-likeness (QED) is 0.408. The average Bonchev–Trinajstić information content (AvgIpc) is 2.82. The van der Waals surface area contributed by atoms with Crippen molar-refractivity contribution in [2.45, 2.75) is 11.0 Å². The lowest BCUT2D eigenvalue weighted by atomic mass is 9.58. The topological polar surface area (TPSA) is 39.8 Å². The molecule has 0 fully saturated rings. The molecule has 0 amide bonds. The van der Waals surface area contributed by atoms with E-state index in [4.69, 9.17) is 0 Å². The van der Waals surface area contributed by atoms with E-state index in [9.17, 15) is 5.11 Å². The number of hydrogen-bond acceptors (Lipinski definition) is 0. The van der Waals surface area contributed by atoms with Crippen LogP contribution in [0.2, 0.25) is 0 Å². The molecule has 0 aliphatic heterocycles. The van der Waals surface area contributed by atoms with Crippen LogP contribution >= 0.6 is 0 Å². The maximum absolute atomic E-state index is 15.2. The van der Waals surface area contributed by atoms with Crippen LogP contribution < -0.4 is 0 Å². The lowest BCUT2D eigenvalue weighted by Gasteiger charge is -2.45. The van der Waals surface area contributed by atoms with Crippen molar-refractivity contribution in [2.75, 3.05) is 6.61 Å². The smallest absolute Gasteiger partial charge is 0.169 e. The molecule has 2 radical (unpaired) electrons. The molecule has 0 N–H and O–H groups in total. The van der Waals surface area contributed by atoms with Crippen LogP contribution in [-0.2, 0) is 21.2 Å². The zero-order valence-corrected chi connectivity index (χ0v) is 16.1. The Morgan fingerprint density at radius 1 is 0.448 bits per heavy atom. The standard InChI is InChI=1S/C27H22O2/c28-21-26(22-13-5-1-6-14-22,23-15-7-2-8-16-23)27(29,24-17-9-3-10-18-24)25-19-11-4-12-20-25/h1-20H,21H2. The molecule has 2 heteroatoms. The van der Waals surface area contributed by atoms with Gasteiger partial charge in [-0.15, -0.1) is 0 Å². The van der Waals surface area contributed by atoms with Gasteiger partial charge in [0.1, 0.15) is 0 Å². The van der Waals surface area contributed by atoms with Gasteiger partial charge in [0.25, 0.3) is 0 Å². The third-order valence-corrected chi connectivity index (χ3v) is 5.71. The molecule has 0 saturated carbocycles. The van der Waals surface area contributed by atoms with Gasteiger partial charge in [-0.25, -0.2) is 10.2 Å². The molecule has 0 aliphatic rings. The summed E-state index contributed by atoms with van der Waals surface area (Å²) < 4.78 is 0. The van der Waals surface area contributed by atoms with E-state index in [2.05, 4.69) is 0 Å². The zero-order valence-electron chi connectivity index (χ0n) is 16.1. The highest BCUT2D eigenvalue weighted by Crippen LogP contribution is 2.51. The molecule has 4 aromatic carbocycles. The molecule has 0 aliphatic carbocycles. The maximum Gasteiger partial charge on any atom is 0.169 e. The molecule has 0 unspecified atom stereocenters.